The quantitative estimate of drug-likeness (QED) is 0.538. The summed E-state index contributed by atoms with van der Waals surface area (Å²) < 4.78 is 5.41. The van der Waals surface area contributed by atoms with Crippen LogP contribution in [0.1, 0.15) is 69.4 Å². The molecule has 1 aromatic rings. The Morgan fingerprint density at radius 2 is 1.95 bits per heavy atom. The van der Waals surface area contributed by atoms with E-state index in [4.69, 9.17) is 4.74 Å². The first-order valence-corrected chi connectivity index (χ1v) is 13.4. The van der Waals surface area contributed by atoms with Crippen LogP contribution in [-0.4, -0.2) is 93.1 Å². The third kappa shape index (κ3) is 6.01. The molecule has 3 saturated heterocycles. The van der Waals surface area contributed by atoms with Crippen LogP contribution >= 0.6 is 0 Å². The number of carboxylic acid groups (broad SMARTS) is 1. The molecule has 0 aromatic heterocycles. The molecule has 6 atom stereocenters. The molecule has 3 heterocycles. The summed E-state index contributed by atoms with van der Waals surface area (Å²) in [5, 5.41) is 21.7. The lowest BCUT2D eigenvalue weighted by Gasteiger charge is -2.39. The fourth-order valence-corrected chi connectivity index (χ4v) is 5.97. The molecular formula is C28H37N5O6. The first-order chi connectivity index (χ1) is 18.3. The zero-order valence-corrected chi connectivity index (χ0v) is 23.1. The van der Waals surface area contributed by atoms with Crippen molar-refractivity contribution in [3.05, 3.63) is 35.4 Å². The minimum atomic E-state index is -1.02. The highest BCUT2D eigenvalue weighted by Crippen LogP contribution is 2.38. The molecule has 1 aromatic carbocycles. The first kappa shape index (κ1) is 28.4. The molecule has 4 rings (SSSR count). The molecule has 39 heavy (non-hydrogen) atoms. The number of piperazine rings is 1. The molecule has 3 aliphatic heterocycles. The van der Waals surface area contributed by atoms with E-state index in [1.165, 1.54) is 11.0 Å². The Bertz CT molecular complexity index is 1190. The van der Waals surface area contributed by atoms with Crippen LogP contribution in [0.2, 0.25) is 0 Å². The molecule has 3 fully saturated rings. The zero-order valence-electron chi connectivity index (χ0n) is 23.1. The smallest absolute Gasteiger partial charge is 0.408 e. The predicted octanol–water partition coefficient (Wildman–Crippen LogP) is 2.38. The number of rotatable bonds is 7. The Balaban J connectivity index is 1.50. The second kappa shape index (κ2) is 10.8. The molecule has 210 valence electrons. The van der Waals surface area contributed by atoms with Crippen molar-refractivity contribution in [2.45, 2.75) is 83.3 Å². The van der Waals surface area contributed by atoms with Crippen LogP contribution in [0.4, 0.5) is 4.79 Å². The molecule has 3 amide bonds. The minimum Gasteiger partial charge on any atom is -0.478 e. The second-order valence-corrected chi connectivity index (χ2v) is 11.9. The lowest BCUT2D eigenvalue weighted by Crippen LogP contribution is -2.59. The summed E-state index contributed by atoms with van der Waals surface area (Å²) >= 11 is 0. The number of carbonyl (C=O) groups excluding carboxylic acids is 3. The van der Waals surface area contributed by atoms with Gasteiger partial charge in [-0.15, -0.1) is 0 Å². The number of nitriles is 1. The van der Waals surface area contributed by atoms with Gasteiger partial charge in [-0.1, -0.05) is 19.1 Å². The Labute approximate surface area is 228 Å². The number of hydrogen-bond acceptors (Lipinski definition) is 7. The summed E-state index contributed by atoms with van der Waals surface area (Å²) in [7, 11) is 0. The highest BCUT2D eigenvalue weighted by Gasteiger charge is 2.52. The third-order valence-electron chi connectivity index (χ3n) is 7.70. The Morgan fingerprint density at radius 1 is 1.23 bits per heavy atom. The van der Waals surface area contributed by atoms with Gasteiger partial charge in [-0.05, 0) is 64.2 Å². The Morgan fingerprint density at radius 3 is 2.56 bits per heavy atom. The number of carboxylic acids is 1. The maximum atomic E-state index is 13.6. The van der Waals surface area contributed by atoms with Gasteiger partial charge in [0.15, 0.2) is 0 Å². The van der Waals surface area contributed by atoms with Crippen LogP contribution in [0.5, 0.6) is 0 Å². The van der Waals surface area contributed by atoms with Crippen LogP contribution in [-0.2, 0) is 14.3 Å². The van der Waals surface area contributed by atoms with Gasteiger partial charge in [0.05, 0.1) is 23.7 Å². The van der Waals surface area contributed by atoms with Gasteiger partial charge in [-0.25, -0.2) is 9.59 Å². The number of nitrogens with one attached hydrogen (secondary N) is 1. The summed E-state index contributed by atoms with van der Waals surface area (Å²) in [4.78, 5) is 56.4. The molecule has 0 spiro atoms. The largest absolute Gasteiger partial charge is 0.478 e. The van der Waals surface area contributed by atoms with Crippen molar-refractivity contribution in [3.63, 3.8) is 0 Å². The van der Waals surface area contributed by atoms with Crippen molar-refractivity contribution in [1.82, 2.24) is 20.0 Å². The van der Waals surface area contributed by atoms with E-state index in [2.05, 4.69) is 11.4 Å². The summed E-state index contributed by atoms with van der Waals surface area (Å²) in [6, 6.07) is 6.37. The van der Waals surface area contributed by atoms with E-state index in [0.29, 0.717) is 25.9 Å². The normalized spacial score (nSPS) is 26.3. The van der Waals surface area contributed by atoms with Crippen LogP contribution in [0.25, 0.3) is 0 Å². The van der Waals surface area contributed by atoms with Gasteiger partial charge >= 0.3 is 12.1 Å². The van der Waals surface area contributed by atoms with Crippen molar-refractivity contribution < 1.29 is 29.0 Å². The molecule has 2 N–H and O–H groups in total. The first-order valence-electron chi connectivity index (χ1n) is 13.4. The zero-order chi connectivity index (χ0) is 28.6. The SMILES string of the molecule is CC1CC(C#N)N(C(=O)C(CN2C[C@@H]3CC2C(=O)N3C(C)c2cccc(C(=O)O)c2)NC(=O)OC(C)(C)C)C1. The van der Waals surface area contributed by atoms with Crippen molar-refractivity contribution in [2.24, 2.45) is 5.92 Å². The molecule has 3 aliphatic rings. The Hall–Kier alpha value is -3.65. The maximum absolute atomic E-state index is 13.6. The Kier molecular flexibility index (Phi) is 7.89. The topological polar surface area (TPSA) is 143 Å². The van der Waals surface area contributed by atoms with Crippen LogP contribution < -0.4 is 5.32 Å². The molecule has 11 heteroatoms. The van der Waals surface area contributed by atoms with E-state index in [-0.39, 0.29) is 41.9 Å². The highest BCUT2D eigenvalue weighted by molar-refractivity contribution is 5.89. The molecule has 2 bridgehead atoms. The average Bonchev–Trinajstić information content (AvgIpc) is 3.53. The van der Waals surface area contributed by atoms with E-state index >= 15 is 0 Å². The predicted molar refractivity (Wildman–Crippen MR) is 140 cm³/mol. The van der Waals surface area contributed by atoms with Gasteiger partial charge < -0.3 is 25.0 Å². The third-order valence-corrected chi connectivity index (χ3v) is 7.70. The fraction of sp³-hybridized carbons (Fsp3) is 0.607. The van der Waals surface area contributed by atoms with Crippen molar-refractivity contribution >= 4 is 23.9 Å². The highest BCUT2D eigenvalue weighted by atomic mass is 16.6. The summed E-state index contributed by atoms with van der Waals surface area (Å²) in [6.45, 7) is 10.1. The van der Waals surface area contributed by atoms with E-state index in [9.17, 15) is 29.5 Å². The van der Waals surface area contributed by atoms with Gasteiger partial charge in [-0.2, -0.15) is 5.26 Å². The molecule has 0 saturated carbocycles. The number of carbonyl (C=O) groups is 4. The van der Waals surface area contributed by atoms with Gasteiger partial charge in [0, 0.05) is 25.7 Å². The van der Waals surface area contributed by atoms with Crippen LogP contribution in [0.3, 0.4) is 0 Å². The van der Waals surface area contributed by atoms with Gasteiger partial charge in [0.2, 0.25) is 11.8 Å². The fourth-order valence-electron chi connectivity index (χ4n) is 5.97. The van der Waals surface area contributed by atoms with E-state index in [0.717, 1.165) is 5.56 Å². The second-order valence-electron chi connectivity index (χ2n) is 11.9. The number of benzene rings is 1. The van der Waals surface area contributed by atoms with Gasteiger partial charge in [0.25, 0.3) is 0 Å². The molecule has 0 aliphatic carbocycles. The number of likely N-dealkylation sites (tertiary alicyclic amines) is 3. The summed E-state index contributed by atoms with van der Waals surface area (Å²) in [5.41, 5.74) is 0.152. The number of aromatic carboxylic acids is 1. The summed E-state index contributed by atoms with van der Waals surface area (Å²) in [6.07, 6.45) is 0.423. The number of alkyl carbamates (subject to hydrolysis) is 1. The van der Waals surface area contributed by atoms with E-state index in [1.807, 2.05) is 24.8 Å². The van der Waals surface area contributed by atoms with Crippen molar-refractivity contribution in [1.29, 1.82) is 5.26 Å². The minimum absolute atomic E-state index is 0.0901. The van der Waals surface area contributed by atoms with Crippen molar-refractivity contribution in [3.8, 4) is 6.07 Å². The van der Waals surface area contributed by atoms with Gasteiger partial charge in [-0.3, -0.25) is 14.5 Å². The number of fused-ring (bicyclic) bond motifs is 2. The molecule has 11 nitrogen and oxygen atoms in total. The van der Waals surface area contributed by atoms with Crippen molar-refractivity contribution in [2.75, 3.05) is 19.6 Å². The lowest BCUT2D eigenvalue weighted by molar-refractivity contribution is -0.141. The monoisotopic (exact) mass is 539 g/mol. The van der Waals surface area contributed by atoms with E-state index < -0.39 is 35.8 Å². The number of hydrogen-bond donors (Lipinski definition) is 2. The van der Waals surface area contributed by atoms with Gasteiger partial charge in [0.1, 0.15) is 17.7 Å². The van der Waals surface area contributed by atoms with E-state index in [1.54, 1.807) is 37.8 Å². The number of amides is 3. The van der Waals surface area contributed by atoms with Crippen LogP contribution in [0, 0.1) is 17.2 Å². The molecule has 5 unspecified atom stereocenters. The van der Waals surface area contributed by atoms with Crippen LogP contribution in [0.15, 0.2) is 24.3 Å². The average molecular weight is 540 g/mol. The summed E-state index contributed by atoms with van der Waals surface area (Å²) in [5.74, 6) is -1.31. The molecular weight excluding hydrogens is 502 g/mol. The lowest BCUT2D eigenvalue weighted by atomic mass is 10.0. The molecule has 0 radical (unpaired) electrons. The number of ether oxygens (including phenoxy) is 1. The standard InChI is InChI=1S/C28H37N5O6/c1-16-9-20(12-29)32(13-16)24(34)22(30-27(38)39-28(3,4)5)15-31-14-21-11-23(31)25(35)33(21)17(2)18-7-6-8-19(10-18)26(36)37/h6-8,10,16-17,20-23H,9,11,13-15H2,1-5H3,(H,30,38)(H,36,37)/t16?,17?,20?,21-,22?,23?/m0/s1. The maximum Gasteiger partial charge on any atom is 0.408 e. The number of nitrogens with zero attached hydrogens (tertiary/aromatic N) is 4.